The van der Waals surface area contributed by atoms with E-state index in [1.165, 1.54) is 19.1 Å². The van der Waals surface area contributed by atoms with Crippen molar-refractivity contribution in [1.82, 2.24) is 0 Å². The molecule has 1 aromatic rings. The summed E-state index contributed by atoms with van der Waals surface area (Å²) in [4.78, 5) is 0. The summed E-state index contributed by atoms with van der Waals surface area (Å²) in [5.41, 5.74) is 0.224. The number of alkyl halides is 3. The van der Waals surface area contributed by atoms with Gasteiger partial charge >= 0.3 is 6.36 Å². The lowest BCUT2D eigenvalue weighted by atomic mass is 10.2. The van der Waals surface area contributed by atoms with E-state index >= 15 is 0 Å². The predicted octanol–water partition coefficient (Wildman–Crippen LogP) is 3.35. The second kappa shape index (κ2) is 3.46. The molecule has 0 aliphatic heterocycles. The van der Waals surface area contributed by atoms with Crippen molar-refractivity contribution in [1.29, 1.82) is 0 Å². The molecule has 0 aliphatic carbocycles. The topological polar surface area (TPSA) is 9.23 Å². The van der Waals surface area contributed by atoms with Gasteiger partial charge in [0, 0.05) is 16.7 Å². The van der Waals surface area contributed by atoms with Gasteiger partial charge in [-0.15, -0.1) is 13.2 Å². The fourth-order valence-corrected chi connectivity index (χ4v) is 0.903. The molecule has 71 valence electrons. The van der Waals surface area contributed by atoms with Crippen molar-refractivity contribution in [2.24, 2.45) is 0 Å². The average Bonchev–Trinajstić information content (AvgIpc) is 1.96. The number of rotatable bonds is 1. The Morgan fingerprint density at radius 2 is 2.08 bits per heavy atom. The highest BCUT2D eigenvalue weighted by molar-refractivity contribution is 6.31. The zero-order chi connectivity index (χ0) is 10.1. The minimum absolute atomic E-state index is 0.220. The molecular formula is C8H5ClF3O. The number of ether oxygens (including phenoxy) is 1. The molecule has 1 nitrogen and oxygen atoms in total. The third kappa shape index (κ3) is 2.81. The quantitative estimate of drug-likeness (QED) is 0.689. The van der Waals surface area contributed by atoms with Gasteiger partial charge in [0.2, 0.25) is 0 Å². The number of halogens is 4. The van der Waals surface area contributed by atoms with Crippen LogP contribution in [0, 0.1) is 13.0 Å². The molecule has 0 spiro atoms. The maximum absolute atomic E-state index is 11.8. The van der Waals surface area contributed by atoms with E-state index in [9.17, 15) is 13.2 Å². The molecule has 0 amide bonds. The standard InChI is InChI=1S/C8H5ClF3O/c1-5-6(9)3-2-4-7(5)13-8(10,11)12/h2-3H,1H3. The van der Waals surface area contributed by atoms with Crippen molar-refractivity contribution in [3.05, 3.63) is 28.8 Å². The van der Waals surface area contributed by atoms with Crippen molar-refractivity contribution in [3.63, 3.8) is 0 Å². The highest BCUT2D eigenvalue weighted by Crippen LogP contribution is 2.29. The van der Waals surface area contributed by atoms with Crippen molar-refractivity contribution in [2.75, 3.05) is 0 Å². The highest BCUT2D eigenvalue weighted by Gasteiger charge is 2.31. The molecule has 0 fully saturated rings. The van der Waals surface area contributed by atoms with E-state index in [4.69, 9.17) is 11.6 Å². The van der Waals surface area contributed by atoms with Crippen molar-refractivity contribution < 1.29 is 17.9 Å². The normalized spacial score (nSPS) is 11.5. The lowest BCUT2D eigenvalue weighted by molar-refractivity contribution is -0.274. The summed E-state index contributed by atoms with van der Waals surface area (Å²) in [5.74, 6) is -0.389. The third-order valence-corrected chi connectivity index (χ3v) is 1.77. The summed E-state index contributed by atoms with van der Waals surface area (Å²) in [5, 5.41) is 0.220. The summed E-state index contributed by atoms with van der Waals surface area (Å²) in [7, 11) is 0. The van der Waals surface area contributed by atoms with E-state index in [0.717, 1.165) is 0 Å². The molecule has 1 radical (unpaired) electrons. The largest absolute Gasteiger partial charge is 0.573 e. The van der Waals surface area contributed by atoms with Gasteiger partial charge in [0.1, 0.15) is 5.75 Å². The Morgan fingerprint density at radius 1 is 1.46 bits per heavy atom. The monoisotopic (exact) mass is 209 g/mol. The zero-order valence-corrected chi connectivity index (χ0v) is 7.33. The van der Waals surface area contributed by atoms with Gasteiger partial charge in [-0.1, -0.05) is 11.6 Å². The molecule has 5 heteroatoms. The number of benzene rings is 1. The molecule has 0 bridgehead atoms. The van der Waals surface area contributed by atoms with Crippen LogP contribution in [0.4, 0.5) is 13.2 Å². The highest BCUT2D eigenvalue weighted by atomic mass is 35.5. The molecule has 0 unspecified atom stereocenters. The van der Waals surface area contributed by atoms with Crippen LogP contribution in [0.5, 0.6) is 5.75 Å². The number of hydrogen-bond acceptors (Lipinski definition) is 1. The first-order chi connectivity index (χ1) is 5.90. The first-order valence-corrected chi connectivity index (χ1v) is 3.70. The van der Waals surface area contributed by atoms with E-state index in [1.807, 2.05) is 0 Å². The van der Waals surface area contributed by atoms with Crippen molar-refractivity contribution in [3.8, 4) is 5.75 Å². The average molecular weight is 210 g/mol. The summed E-state index contributed by atoms with van der Waals surface area (Å²) < 4.78 is 39.0. The van der Waals surface area contributed by atoms with E-state index < -0.39 is 6.36 Å². The van der Waals surface area contributed by atoms with E-state index in [-0.39, 0.29) is 16.3 Å². The van der Waals surface area contributed by atoms with Crippen LogP contribution in [0.25, 0.3) is 0 Å². The minimum atomic E-state index is -4.70. The fourth-order valence-electron chi connectivity index (χ4n) is 0.754. The molecule has 13 heavy (non-hydrogen) atoms. The Hall–Kier alpha value is -0.900. The summed E-state index contributed by atoms with van der Waals surface area (Å²) in [6, 6.07) is 5.03. The van der Waals surface area contributed by atoms with Crippen molar-refractivity contribution in [2.45, 2.75) is 13.3 Å². The molecule has 0 saturated carbocycles. The van der Waals surface area contributed by atoms with Gasteiger partial charge in [-0.3, -0.25) is 0 Å². The Labute approximate surface area is 78.1 Å². The Morgan fingerprint density at radius 3 is 2.62 bits per heavy atom. The molecule has 0 N–H and O–H groups in total. The smallest absolute Gasteiger partial charge is 0.405 e. The first-order valence-electron chi connectivity index (χ1n) is 3.32. The van der Waals surface area contributed by atoms with Crippen LogP contribution >= 0.6 is 11.6 Å². The fraction of sp³-hybridized carbons (Fsp3) is 0.250. The third-order valence-electron chi connectivity index (χ3n) is 1.36. The second-order valence-electron chi connectivity index (χ2n) is 2.33. The minimum Gasteiger partial charge on any atom is -0.405 e. The molecule has 0 aromatic heterocycles. The van der Waals surface area contributed by atoms with Gasteiger partial charge in [0.25, 0.3) is 0 Å². The van der Waals surface area contributed by atoms with Gasteiger partial charge in [-0.05, 0) is 19.1 Å². The number of hydrogen-bond donors (Lipinski definition) is 0. The van der Waals surface area contributed by atoms with Gasteiger partial charge < -0.3 is 4.74 Å². The Bertz CT molecular complexity index is 309. The zero-order valence-electron chi connectivity index (χ0n) is 6.57. The van der Waals surface area contributed by atoms with Gasteiger partial charge in [0.05, 0.1) is 0 Å². The van der Waals surface area contributed by atoms with Crippen LogP contribution < -0.4 is 4.74 Å². The second-order valence-corrected chi connectivity index (χ2v) is 2.73. The first kappa shape index (κ1) is 10.2. The summed E-state index contributed by atoms with van der Waals surface area (Å²) in [6.07, 6.45) is -4.70. The van der Waals surface area contributed by atoms with E-state index in [2.05, 4.69) is 10.8 Å². The van der Waals surface area contributed by atoms with E-state index in [0.29, 0.717) is 0 Å². The lowest BCUT2D eigenvalue weighted by Gasteiger charge is -2.11. The molecule has 1 aromatic carbocycles. The Balaban J connectivity index is 2.96. The molecule has 0 saturated heterocycles. The maximum Gasteiger partial charge on any atom is 0.573 e. The summed E-state index contributed by atoms with van der Waals surface area (Å²) in [6.45, 7) is 1.43. The van der Waals surface area contributed by atoms with Gasteiger partial charge in [0.15, 0.2) is 0 Å². The van der Waals surface area contributed by atoms with Crippen LogP contribution in [-0.4, -0.2) is 6.36 Å². The molecule has 0 atom stereocenters. The van der Waals surface area contributed by atoms with E-state index in [1.54, 1.807) is 0 Å². The molecular weight excluding hydrogens is 205 g/mol. The summed E-state index contributed by atoms with van der Waals surface area (Å²) >= 11 is 5.58. The van der Waals surface area contributed by atoms with Crippen LogP contribution in [0.3, 0.4) is 0 Å². The SMILES string of the molecule is Cc1c(OC(F)(F)F)[c]ccc1Cl. The maximum atomic E-state index is 11.8. The predicted molar refractivity (Wildman–Crippen MR) is 41.7 cm³/mol. The van der Waals surface area contributed by atoms with Crippen LogP contribution in [0.2, 0.25) is 5.02 Å². The van der Waals surface area contributed by atoms with Crippen LogP contribution in [0.1, 0.15) is 5.56 Å². The lowest BCUT2D eigenvalue weighted by Crippen LogP contribution is -2.17. The van der Waals surface area contributed by atoms with Crippen LogP contribution in [0.15, 0.2) is 12.1 Å². The molecule has 0 aliphatic rings. The van der Waals surface area contributed by atoms with Gasteiger partial charge in [-0.2, -0.15) is 0 Å². The molecule has 0 heterocycles. The van der Waals surface area contributed by atoms with Crippen molar-refractivity contribution >= 4 is 11.6 Å². The molecule has 1 rings (SSSR count). The van der Waals surface area contributed by atoms with Crippen LogP contribution in [-0.2, 0) is 0 Å². The van der Waals surface area contributed by atoms with Gasteiger partial charge in [-0.25, -0.2) is 0 Å². The Kier molecular flexibility index (Phi) is 2.71.